The van der Waals surface area contributed by atoms with Gasteiger partial charge in [0.15, 0.2) is 0 Å². The van der Waals surface area contributed by atoms with E-state index in [0.29, 0.717) is 0 Å². The van der Waals surface area contributed by atoms with Gasteiger partial charge in [0, 0.05) is 7.11 Å². The summed E-state index contributed by atoms with van der Waals surface area (Å²) in [5.74, 6) is -0.356. The van der Waals surface area contributed by atoms with Crippen molar-refractivity contribution in [2.24, 2.45) is 11.7 Å². The molecule has 4 N–H and O–H groups in total. The molecule has 0 aromatic carbocycles. The Labute approximate surface area is 90.7 Å². The van der Waals surface area contributed by atoms with E-state index in [9.17, 15) is 8.42 Å². The third-order valence-electron chi connectivity index (χ3n) is 1.86. The summed E-state index contributed by atoms with van der Waals surface area (Å²) in [6.45, 7) is 3.72. The van der Waals surface area contributed by atoms with Crippen molar-refractivity contribution < 1.29 is 13.2 Å². The van der Waals surface area contributed by atoms with Crippen LogP contribution in [0.1, 0.15) is 13.8 Å². The van der Waals surface area contributed by atoms with Gasteiger partial charge < -0.3 is 10.5 Å². The molecule has 0 aromatic heterocycles. The van der Waals surface area contributed by atoms with E-state index >= 15 is 0 Å². The molecule has 0 saturated heterocycles. The molecule has 1 atom stereocenters. The average molecular weight is 237 g/mol. The van der Waals surface area contributed by atoms with Gasteiger partial charge in [-0.15, -0.1) is 0 Å². The zero-order valence-electron chi connectivity index (χ0n) is 9.28. The molecule has 0 spiro atoms. The zero-order chi connectivity index (χ0) is 12.1. The minimum absolute atomic E-state index is 0.0557. The second-order valence-corrected chi connectivity index (χ2v) is 5.48. The molecule has 0 amide bonds. The van der Waals surface area contributed by atoms with E-state index in [1.54, 1.807) is 13.8 Å². The van der Waals surface area contributed by atoms with E-state index < -0.39 is 16.1 Å². The molecule has 0 fully saturated rings. The van der Waals surface area contributed by atoms with Crippen molar-refractivity contribution in [1.82, 2.24) is 4.72 Å². The molecular weight excluding hydrogens is 218 g/mol. The van der Waals surface area contributed by atoms with E-state index in [1.165, 1.54) is 7.11 Å². The molecule has 0 rings (SSSR count). The van der Waals surface area contributed by atoms with Crippen LogP contribution in [0.4, 0.5) is 0 Å². The lowest BCUT2D eigenvalue weighted by atomic mass is 10.1. The Hall–Kier alpha value is -0.660. The highest BCUT2D eigenvalue weighted by molar-refractivity contribution is 7.89. The summed E-state index contributed by atoms with van der Waals surface area (Å²) >= 11 is 0. The summed E-state index contributed by atoms with van der Waals surface area (Å²) in [5, 5.41) is 7.26. The largest absolute Gasteiger partial charge is 0.386 e. The van der Waals surface area contributed by atoms with Gasteiger partial charge in [-0.25, -0.2) is 13.1 Å². The molecule has 0 saturated carbocycles. The van der Waals surface area contributed by atoms with Crippen LogP contribution < -0.4 is 10.5 Å². The van der Waals surface area contributed by atoms with Crippen LogP contribution in [-0.4, -0.2) is 39.8 Å². The zero-order valence-corrected chi connectivity index (χ0v) is 10.1. The number of amidine groups is 1. The van der Waals surface area contributed by atoms with Crippen LogP contribution in [0, 0.1) is 11.3 Å². The lowest BCUT2D eigenvalue weighted by Crippen LogP contribution is -2.48. The molecule has 15 heavy (non-hydrogen) atoms. The van der Waals surface area contributed by atoms with Crippen LogP contribution in [0.5, 0.6) is 0 Å². The summed E-state index contributed by atoms with van der Waals surface area (Å²) in [6.07, 6.45) is 0. The van der Waals surface area contributed by atoms with Crippen molar-refractivity contribution >= 4 is 15.9 Å². The van der Waals surface area contributed by atoms with Gasteiger partial charge in [0.25, 0.3) is 0 Å². The Morgan fingerprint density at radius 1 is 1.53 bits per heavy atom. The Bertz CT molecular complexity index is 300. The fraction of sp³-hybridized carbons (Fsp3) is 0.875. The lowest BCUT2D eigenvalue weighted by molar-refractivity contribution is 0.216. The van der Waals surface area contributed by atoms with Crippen molar-refractivity contribution in [2.75, 3.05) is 19.5 Å². The minimum atomic E-state index is -3.43. The summed E-state index contributed by atoms with van der Waals surface area (Å²) in [7, 11) is -2.00. The van der Waals surface area contributed by atoms with Crippen molar-refractivity contribution in [3.8, 4) is 0 Å². The highest BCUT2D eigenvalue weighted by Gasteiger charge is 2.22. The number of sulfonamides is 1. The van der Waals surface area contributed by atoms with Gasteiger partial charge in [0.05, 0.1) is 18.4 Å². The van der Waals surface area contributed by atoms with Crippen molar-refractivity contribution in [3.05, 3.63) is 0 Å². The fourth-order valence-corrected chi connectivity index (χ4v) is 2.29. The first-order valence-electron chi connectivity index (χ1n) is 4.63. The molecule has 7 heteroatoms. The maximum atomic E-state index is 11.5. The van der Waals surface area contributed by atoms with Gasteiger partial charge in [0.1, 0.15) is 5.84 Å². The van der Waals surface area contributed by atoms with Gasteiger partial charge >= 0.3 is 0 Å². The first-order chi connectivity index (χ1) is 6.80. The summed E-state index contributed by atoms with van der Waals surface area (Å²) < 4.78 is 30.0. The van der Waals surface area contributed by atoms with Gasteiger partial charge in [-0.05, 0) is 5.92 Å². The molecule has 0 radical (unpaired) electrons. The molecule has 1 unspecified atom stereocenters. The number of hydrogen-bond donors (Lipinski definition) is 3. The highest BCUT2D eigenvalue weighted by Crippen LogP contribution is 2.03. The molecule has 0 aliphatic heterocycles. The van der Waals surface area contributed by atoms with E-state index in [2.05, 4.69) is 9.46 Å². The Balaban J connectivity index is 4.46. The quantitative estimate of drug-likeness (QED) is 0.410. The maximum Gasteiger partial charge on any atom is 0.214 e. The lowest BCUT2D eigenvalue weighted by Gasteiger charge is -2.20. The van der Waals surface area contributed by atoms with Crippen LogP contribution in [0.25, 0.3) is 0 Å². The van der Waals surface area contributed by atoms with E-state index in [-0.39, 0.29) is 24.1 Å². The first kappa shape index (κ1) is 14.3. The summed E-state index contributed by atoms with van der Waals surface area (Å²) in [6, 6.07) is -0.646. The normalized spacial score (nSPS) is 14.1. The molecule has 6 nitrogen and oxygen atoms in total. The van der Waals surface area contributed by atoms with E-state index in [0.717, 1.165) is 0 Å². The number of methoxy groups -OCH3 is 1. The van der Waals surface area contributed by atoms with Crippen LogP contribution in [0.15, 0.2) is 0 Å². The third-order valence-corrected chi connectivity index (χ3v) is 3.18. The number of ether oxygens (including phenoxy) is 1. The average Bonchev–Trinajstić information content (AvgIpc) is 2.10. The number of nitrogens with two attached hydrogens (primary N) is 1. The molecule has 0 bridgehead atoms. The van der Waals surface area contributed by atoms with E-state index in [1.807, 2.05) is 0 Å². The molecule has 0 aliphatic carbocycles. The first-order valence-corrected chi connectivity index (χ1v) is 6.28. The summed E-state index contributed by atoms with van der Waals surface area (Å²) in [4.78, 5) is 0. The predicted molar refractivity (Wildman–Crippen MR) is 59.3 cm³/mol. The standard InChI is InChI=1S/C8H19N3O3S/c1-6(2)7(8(9)10)11-15(12,13)5-4-14-3/h6-7,11H,4-5H2,1-3H3,(H3,9,10). The fourth-order valence-electron chi connectivity index (χ4n) is 1.00. The maximum absolute atomic E-state index is 11.5. The second-order valence-electron chi connectivity index (χ2n) is 3.61. The van der Waals surface area contributed by atoms with Gasteiger partial charge in [-0.3, -0.25) is 5.41 Å². The smallest absolute Gasteiger partial charge is 0.214 e. The highest BCUT2D eigenvalue weighted by atomic mass is 32.2. The number of hydrogen-bond acceptors (Lipinski definition) is 4. The van der Waals surface area contributed by atoms with Crippen LogP contribution in [0.3, 0.4) is 0 Å². The van der Waals surface area contributed by atoms with Gasteiger partial charge in [-0.1, -0.05) is 13.8 Å². The SMILES string of the molecule is COCCS(=O)(=O)NC(C(=N)N)C(C)C. The summed E-state index contributed by atoms with van der Waals surface area (Å²) in [5.41, 5.74) is 5.30. The Kier molecular flexibility index (Phi) is 5.77. The second kappa shape index (κ2) is 6.04. The topological polar surface area (TPSA) is 105 Å². The van der Waals surface area contributed by atoms with E-state index in [4.69, 9.17) is 11.1 Å². The molecular formula is C8H19N3O3S. The Morgan fingerprint density at radius 3 is 2.40 bits per heavy atom. The molecule has 0 aliphatic rings. The van der Waals surface area contributed by atoms with Crippen molar-refractivity contribution in [2.45, 2.75) is 19.9 Å². The van der Waals surface area contributed by atoms with Crippen LogP contribution >= 0.6 is 0 Å². The van der Waals surface area contributed by atoms with Gasteiger partial charge in [-0.2, -0.15) is 0 Å². The Morgan fingerprint density at radius 2 is 2.07 bits per heavy atom. The monoisotopic (exact) mass is 237 g/mol. The predicted octanol–water partition coefficient (Wildman–Crippen LogP) is -0.487. The van der Waals surface area contributed by atoms with Crippen molar-refractivity contribution in [1.29, 1.82) is 5.41 Å². The number of rotatable bonds is 7. The third kappa shape index (κ3) is 5.71. The van der Waals surface area contributed by atoms with Crippen molar-refractivity contribution in [3.63, 3.8) is 0 Å². The van der Waals surface area contributed by atoms with Gasteiger partial charge in [0.2, 0.25) is 10.0 Å². The van der Waals surface area contributed by atoms with Crippen LogP contribution in [-0.2, 0) is 14.8 Å². The number of nitrogens with one attached hydrogen (secondary N) is 2. The molecule has 0 heterocycles. The minimum Gasteiger partial charge on any atom is -0.386 e. The molecule has 0 aromatic rings. The molecule has 90 valence electrons. The van der Waals surface area contributed by atoms with Crippen LogP contribution in [0.2, 0.25) is 0 Å².